The van der Waals surface area contributed by atoms with Gasteiger partial charge in [-0.3, -0.25) is 5.32 Å². The van der Waals surface area contributed by atoms with Gasteiger partial charge in [0.15, 0.2) is 10.0 Å². The first-order chi connectivity index (χ1) is 13.9. The molecule has 0 fully saturated rings. The van der Waals surface area contributed by atoms with Crippen molar-refractivity contribution in [3.8, 4) is 11.8 Å². The average Bonchev–Trinajstić information content (AvgIpc) is 3.16. The fraction of sp³-hybridized carbons (Fsp3) is 0.214. The van der Waals surface area contributed by atoms with Gasteiger partial charge in [0.05, 0.1) is 20.3 Å². The highest BCUT2D eigenvalue weighted by atomic mass is 32.2. The standard InChI is InChI=1S/C14H11F5N4O5S2/c1-27-7-5-8(28-2)21-12(20-7)22-13(24)23-30(25,26)11-6(3-4-29-11)9(15)10(16)14(17,18)19/h3-5H,1-2H3,(H2,20,21,22,23,24). The average molecular weight is 474 g/mol. The summed E-state index contributed by atoms with van der Waals surface area (Å²) in [5, 5.41) is 2.84. The summed E-state index contributed by atoms with van der Waals surface area (Å²) < 4.78 is 98.8. The minimum Gasteiger partial charge on any atom is -0.481 e. The van der Waals surface area contributed by atoms with Crippen molar-refractivity contribution in [2.45, 2.75) is 10.4 Å². The van der Waals surface area contributed by atoms with Crippen molar-refractivity contribution in [3.63, 3.8) is 0 Å². The highest BCUT2D eigenvalue weighted by molar-refractivity contribution is 7.92. The van der Waals surface area contributed by atoms with E-state index in [4.69, 9.17) is 9.47 Å². The summed E-state index contributed by atoms with van der Waals surface area (Å²) in [4.78, 5) is 19.4. The molecule has 0 aliphatic heterocycles. The normalized spacial score (nSPS) is 12.8. The van der Waals surface area contributed by atoms with Gasteiger partial charge in [0, 0.05) is 5.56 Å². The number of hydrogen-bond acceptors (Lipinski definition) is 8. The van der Waals surface area contributed by atoms with Crippen LogP contribution in [0.3, 0.4) is 0 Å². The predicted molar refractivity (Wildman–Crippen MR) is 94.0 cm³/mol. The number of allylic oxidation sites excluding steroid dienone is 1. The zero-order valence-corrected chi connectivity index (χ0v) is 16.5. The number of methoxy groups -OCH3 is 2. The zero-order chi connectivity index (χ0) is 22.7. The number of sulfonamides is 1. The number of ether oxygens (including phenoxy) is 2. The molecule has 2 aromatic rings. The molecule has 0 spiro atoms. The van der Waals surface area contributed by atoms with Crippen LogP contribution in [0.2, 0.25) is 0 Å². The molecule has 0 radical (unpaired) electrons. The highest BCUT2D eigenvalue weighted by Gasteiger charge is 2.40. The molecule has 9 nitrogen and oxygen atoms in total. The number of nitrogens with one attached hydrogen (secondary N) is 2. The SMILES string of the molecule is COc1cc(OC)nc(NC(=O)NS(=O)(=O)c2sccc2C(F)=C(F)C(F)(F)F)n1. The Morgan fingerprint density at radius 2 is 1.70 bits per heavy atom. The lowest BCUT2D eigenvalue weighted by Crippen LogP contribution is -2.34. The number of anilines is 1. The van der Waals surface area contributed by atoms with Crippen LogP contribution < -0.4 is 19.5 Å². The van der Waals surface area contributed by atoms with Crippen LogP contribution in [-0.4, -0.2) is 44.8 Å². The van der Waals surface area contributed by atoms with Gasteiger partial charge in [0.25, 0.3) is 10.0 Å². The van der Waals surface area contributed by atoms with E-state index in [1.54, 1.807) is 0 Å². The lowest BCUT2D eigenvalue weighted by Gasteiger charge is -2.10. The Morgan fingerprint density at radius 3 is 2.20 bits per heavy atom. The van der Waals surface area contributed by atoms with Crippen LogP contribution in [0.15, 0.2) is 27.5 Å². The molecular weight excluding hydrogens is 463 g/mol. The molecule has 0 atom stereocenters. The molecule has 16 heteroatoms. The van der Waals surface area contributed by atoms with Gasteiger partial charge in [0.2, 0.25) is 23.5 Å². The minimum absolute atomic E-state index is 0.0459. The maximum atomic E-state index is 13.9. The van der Waals surface area contributed by atoms with Crippen LogP contribution in [0.25, 0.3) is 5.83 Å². The van der Waals surface area contributed by atoms with E-state index in [0.29, 0.717) is 6.07 Å². The van der Waals surface area contributed by atoms with E-state index < -0.39 is 49.6 Å². The van der Waals surface area contributed by atoms with Crippen molar-refractivity contribution in [2.24, 2.45) is 0 Å². The first kappa shape index (κ1) is 23.3. The molecule has 30 heavy (non-hydrogen) atoms. The number of alkyl halides is 3. The topological polar surface area (TPSA) is 120 Å². The molecular formula is C14H11F5N4O5S2. The fourth-order valence-electron chi connectivity index (χ4n) is 1.87. The number of hydrogen-bond donors (Lipinski definition) is 2. The first-order valence-electron chi connectivity index (χ1n) is 7.40. The van der Waals surface area contributed by atoms with Crippen molar-refractivity contribution in [1.82, 2.24) is 14.7 Å². The molecule has 2 heterocycles. The number of urea groups is 1. The Bertz CT molecular complexity index is 1060. The summed E-state index contributed by atoms with van der Waals surface area (Å²) in [6, 6.07) is 0.431. The molecule has 2 N–H and O–H groups in total. The predicted octanol–water partition coefficient (Wildman–Crippen LogP) is 3.24. The van der Waals surface area contributed by atoms with Crippen molar-refractivity contribution >= 4 is 39.2 Å². The third kappa shape index (κ3) is 5.32. The van der Waals surface area contributed by atoms with Crippen LogP contribution in [0.5, 0.6) is 11.8 Å². The third-order valence-corrected chi connectivity index (χ3v) is 5.92. The fourth-order valence-corrected chi connectivity index (χ4v) is 4.12. The van der Waals surface area contributed by atoms with Crippen LogP contribution in [-0.2, 0) is 10.0 Å². The second-order valence-corrected chi connectivity index (χ2v) is 7.88. The lowest BCUT2D eigenvalue weighted by molar-refractivity contribution is -0.108. The van der Waals surface area contributed by atoms with Gasteiger partial charge in [-0.1, -0.05) is 0 Å². The smallest absolute Gasteiger partial charge is 0.445 e. The monoisotopic (exact) mass is 474 g/mol. The summed E-state index contributed by atoms with van der Waals surface area (Å²) in [5.41, 5.74) is -1.20. The van der Waals surface area contributed by atoms with Crippen LogP contribution in [0, 0.1) is 0 Å². The summed E-state index contributed by atoms with van der Waals surface area (Å²) in [7, 11) is -2.40. The summed E-state index contributed by atoms with van der Waals surface area (Å²) in [6.45, 7) is 0. The van der Waals surface area contributed by atoms with Crippen LogP contribution in [0.1, 0.15) is 5.56 Å². The van der Waals surface area contributed by atoms with E-state index >= 15 is 0 Å². The highest BCUT2D eigenvalue weighted by Crippen LogP contribution is 2.38. The molecule has 0 aliphatic rings. The molecule has 0 aliphatic carbocycles. The molecule has 0 unspecified atom stereocenters. The summed E-state index contributed by atoms with van der Waals surface area (Å²) in [5.74, 6) is -6.09. The van der Waals surface area contributed by atoms with Gasteiger partial charge >= 0.3 is 12.2 Å². The first-order valence-corrected chi connectivity index (χ1v) is 9.76. The van der Waals surface area contributed by atoms with Crippen LogP contribution >= 0.6 is 11.3 Å². The Kier molecular flexibility index (Phi) is 6.81. The number of thiophene rings is 1. The number of carbonyl (C=O) groups is 1. The second kappa shape index (κ2) is 8.78. The van der Waals surface area contributed by atoms with E-state index in [-0.39, 0.29) is 23.1 Å². The van der Waals surface area contributed by atoms with E-state index in [1.807, 2.05) is 5.32 Å². The Morgan fingerprint density at radius 1 is 1.13 bits per heavy atom. The Balaban J connectivity index is 2.29. The lowest BCUT2D eigenvalue weighted by atomic mass is 10.2. The molecule has 0 saturated heterocycles. The van der Waals surface area contributed by atoms with Crippen molar-refractivity contribution in [1.29, 1.82) is 0 Å². The van der Waals surface area contributed by atoms with Gasteiger partial charge in [-0.25, -0.2) is 22.3 Å². The Labute approximate surface area is 169 Å². The maximum Gasteiger partial charge on any atom is 0.445 e. The quantitative estimate of drug-likeness (QED) is 0.617. The van der Waals surface area contributed by atoms with Gasteiger partial charge in [-0.2, -0.15) is 27.5 Å². The van der Waals surface area contributed by atoms with E-state index in [1.165, 1.54) is 25.0 Å². The summed E-state index contributed by atoms with van der Waals surface area (Å²) in [6.07, 6.45) is -5.67. The summed E-state index contributed by atoms with van der Waals surface area (Å²) >= 11 is 0.263. The van der Waals surface area contributed by atoms with E-state index in [2.05, 4.69) is 9.97 Å². The maximum absolute atomic E-state index is 13.9. The van der Waals surface area contributed by atoms with Crippen LogP contribution in [0.4, 0.5) is 32.7 Å². The molecule has 2 aromatic heterocycles. The number of nitrogens with zero attached hydrogens (tertiary/aromatic N) is 2. The number of aromatic nitrogens is 2. The van der Waals surface area contributed by atoms with Gasteiger partial charge < -0.3 is 9.47 Å². The molecule has 2 amide bonds. The second-order valence-electron chi connectivity index (χ2n) is 5.08. The van der Waals surface area contributed by atoms with Gasteiger partial charge in [0.1, 0.15) is 0 Å². The molecule has 0 aromatic carbocycles. The minimum atomic E-state index is -5.67. The molecule has 164 valence electrons. The number of amides is 2. The van der Waals surface area contributed by atoms with Crippen molar-refractivity contribution in [2.75, 3.05) is 19.5 Å². The molecule has 2 rings (SSSR count). The zero-order valence-electron chi connectivity index (χ0n) is 14.9. The van der Waals surface area contributed by atoms with Crippen molar-refractivity contribution < 1.29 is 44.6 Å². The van der Waals surface area contributed by atoms with Gasteiger partial charge in [-0.05, 0) is 11.4 Å². The largest absolute Gasteiger partial charge is 0.481 e. The number of halogens is 5. The van der Waals surface area contributed by atoms with E-state index in [9.17, 15) is 35.2 Å². The molecule has 0 bridgehead atoms. The molecule has 0 saturated carbocycles. The van der Waals surface area contributed by atoms with E-state index in [0.717, 1.165) is 5.38 Å². The number of carbonyl (C=O) groups excluding carboxylic acids is 1. The number of rotatable bonds is 6. The van der Waals surface area contributed by atoms with Gasteiger partial charge in [-0.15, -0.1) is 11.3 Å². The Hall–Kier alpha value is -3.01. The van der Waals surface area contributed by atoms with Crippen molar-refractivity contribution in [3.05, 3.63) is 28.9 Å². The third-order valence-electron chi connectivity index (χ3n) is 3.10.